The highest BCUT2D eigenvalue weighted by Gasteiger charge is 2.35. The van der Waals surface area contributed by atoms with Crippen LogP contribution in [0.3, 0.4) is 0 Å². The highest BCUT2D eigenvalue weighted by atomic mass is 32.2. The molecule has 2 aromatic rings. The molecule has 0 fully saturated rings. The molecule has 0 aliphatic carbocycles. The monoisotopic (exact) mass is 473 g/mol. The van der Waals surface area contributed by atoms with Gasteiger partial charge in [0.2, 0.25) is 5.88 Å². The highest BCUT2D eigenvalue weighted by Crippen LogP contribution is 2.29. The van der Waals surface area contributed by atoms with Gasteiger partial charge in [-0.2, -0.15) is 0 Å². The zero-order valence-electron chi connectivity index (χ0n) is 18.6. The van der Waals surface area contributed by atoms with Gasteiger partial charge >= 0.3 is 0 Å². The molecule has 0 bridgehead atoms. The Bertz CT molecular complexity index is 1130. The number of rotatable bonds is 4. The van der Waals surface area contributed by atoms with Crippen LogP contribution in [0.15, 0.2) is 30.6 Å². The van der Waals surface area contributed by atoms with E-state index in [2.05, 4.69) is 31.8 Å². The van der Waals surface area contributed by atoms with Crippen LogP contribution in [0.1, 0.15) is 29.9 Å². The molecule has 3 rings (SSSR count). The van der Waals surface area contributed by atoms with Crippen molar-refractivity contribution in [1.29, 1.82) is 0 Å². The van der Waals surface area contributed by atoms with Crippen molar-refractivity contribution in [2.45, 2.75) is 24.3 Å². The number of amides is 1. The van der Waals surface area contributed by atoms with Gasteiger partial charge in [-0.05, 0) is 32.0 Å². The molecule has 0 atom stereocenters. The van der Waals surface area contributed by atoms with Crippen LogP contribution in [0.2, 0.25) is 0 Å². The third-order valence-corrected chi connectivity index (χ3v) is 7.53. The molecular weight excluding hydrogens is 446 g/mol. The van der Waals surface area contributed by atoms with Crippen LogP contribution >= 0.6 is 0 Å². The second-order valence-corrected chi connectivity index (χ2v) is 10.6. The van der Waals surface area contributed by atoms with E-state index in [0.29, 0.717) is 43.4 Å². The largest absolute Gasteiger partial charge is 0.492 e. The lowest BCUT2D eigenvalue weighted by Gasteiger charge is -2.27. The second kappa shape index (κ2) is 10.6. The number of aromatic nitrogens is 2. The Labute approximate surface area is 193 Å². The summed E-state index contributed by atoms with van der Waals surface area (Å²) >= 11 is 0. The minimum absolute atomic E-state index is 0.0449. The predicted molar refractivity (Wildman–Crippen MR) is 124 cm³/mol. The third kappa shape index (κ3) is 6.41. The average Bonchev–Trinajstić information content (AvgIpc) is 2.77. The van der Waals surface area contributed by atoms with Gasteiger partial charge in [0.1, 0.15) is 18.1 Å². The SMILES string of the molecule is C#CCOc1cnc(C(=O)Nc2ccc3c(c2)CS(=O)(=O)C(C)(C)CNCNCCO3)cn1. The quantitative estimate of drug-likeness (QED) is 0.556. The lowest BCUT2D eigenvalue weighted by atomic mass is 10.2. The fraction of sp³-hybridized carbons (Fsp3) is 0.409. The summed E-state index contributed by atoms with van der Waals surface area (Å²) in [7, 11) is -3.54. The molecule has 1 aliphatic heterocycles. The van der Waals surface area contributed by atoms with Crippen molar-refractivity contribution in [3.8, 4) is 24.0 Å². The van der Waals surface area contributed by atoms with Crippen molar-refractivity contribution in [2.75, 3.05) is 38.3 Å². The molecule has 1 aromatic carbocycles. The van der Waals surface area contributed by atoms with Crippen molar-refractivity contribution in [2.24, 2.45) is 0 Å². The summed E-state index contributed by atoms with van der Waals surface area (Å²) in [6.07, 6.45) is 7.70. The summed E-state index contributed by atoms with van der Waals surface area (Å²) in [4.78, 5) is 20.6. The summed E-state index contributed by atoms with van der Waals surface area (Å²) in [6.45, 7) is 5.16. The molecule has 0 radical (unpaired) electrons. The van der Waals surface area contributed by atoms with Crippen LogP contribution in [0.5, 0.6) is 11.6 Å². The van der Waals surface area contributed by atoms with Crippen LogP contribution in [0, 0.1) is 12.3 Å². The van der Waals surface area contributed by atoms with Crippen LogP contribution in [-0.2, 0) is 15.6 Å². The van der Waals surface area contributed by atoms with E-state index in [1.54, 1.807) is 32.0 Å². The first-order valence-electron chi connectivity index (χ1n) is 10.3. The maximum atomic E-state index is 13.1. The van der Waals surface area contributed by atoms with E-state index < -0.39 is 20.5 Å². The summed E-state index contributed by atoms with van der Waals surface area (Å²) < 4.78 is 36.2. The van der Waals surface area contributed by atoms with Crippen LogP contribution in [0.4, 0.5) is 5.69 Å². The average molecular weight is 474 g/mol. The van der Waals surface area contributed by atoms with Crippen molar-refractivity contribution in [1.82, 2.24) is 20.6 Å². The Kier molecular flexibility index (Phi) is 7.86. The van der Waals surface area contributed by atoms with Gasteiger partial charge in [-0.25, -0.2) is 18.4 Å². The smallest absolute Gasteiger partial charge is 0.275 e. The van der Waals surface area contributed by atoms with Gasteiger partial charge < -0.3 is 25.4 Å². The molecule has 11 heteroatoms. The molecule has 1 amide bonds. The molecule has 176 valence electrons. The van der Waals surface area contributed by atoms with Gasteiger partial charge in [0.05, 0.1) is 22.9 Å². The number of benzene rings is 1. The summed E-state index contributed by atoms with van der Waals surface area (Å²) in [6, 6.07) is 4.90. The minimum atomic E-state index is -3.54. The lowest BCUT2D eigenvalue weighted by molar-refractivity contribution is 0.102. The summed E-state index contributed by atoms with van der Waals surface area (Å²) in [5.74, 6) is 2.25. The van der Waals surface area contributed by atoms with E-state index in [0.717, 1.165) is 0 Å². The first-order chi connectivity index (χ1) is 15.7. The Hall–Kier alpha value is -3.20. The van der Waals surface area contributed by atoms with Crippen molar-refractivity contribution < 1.29 is 22.7 Å². The fourth-order valence-corrected chi connectivity index (χ4v) is 4.36. The number of fused-ring (bicyclic) bond motifs is 1. The van der Waals surface area contributed by atoms with Crippen LogP contribution < -0.4 is 25.4 Å². The second-order valence-electron chi connectivity index (χ2n) is 7.98. The van der Waals surface area contributed by atoms with Gasteiger partial charge in [-0.15, -0.1) is 6.42 Å². The van der Waals surface area contributed by atoms with E-state index in [1.807, 2.05) is 0 Å². The molecule has 0 saturated heterocycles. The Morgan fingerprint density at radius 1 is 1.30 bits per heavy atom. The van der Waals surface area contributed by atoms with Crippen LogP contribution in [0.25, 0.3) is 0 Å². The van der Waals surface area contributed by atoms with E-state index >= 15 is 0 Å². The number of anilines is 1. The van der Waals surface area contributed by atoms with E-state index in [9.17, 15) is 13.2 Å². The number of sulfone groups is 1. The molecule has 1 aromatic heterocycles. The molecule has 1 aliphatic rings. The number of terminal acetylenes is 1. The Balaban J connectivity index is 1.82. The van der Waals surface area contributed by atoms with Crippen molar-refractivity contribution >= 4 is 21.4 Å². The number of hydrogen-bond acceptors (Lipinski definition) is 9. The zero-order chi connectivity index (χ0) is 23.9. The van der Waals surface area contributed by atoms with Gasteiger partial charge in [0, 0.05) is 31.0 Å². The molecule has 0 saturated carbocycles. The molecule has 3 N–H and O–H groups in total. The summed E-state index contributed by atoms with van der Waals surface area (Å²) in [5.41, 5.74) is 0.941. The maximum absolute atomic E-state index is 13.1. The highest BCUT2D eigenvalue weighted by molar-refractivity contribution is 7.92. The van der Waals surface area contributed by atoms with E-state index in [1.165, 1.54) is 12.4 Å². The first kappa shape index (κ1) is 24.4. The topological polar surface area (TPSA) is 132 Å². The Morgan fingerprint density at radius 3 is 2.85 bits per heavy atom. The van der Waals surface area contributed by atoms with Gasteiger partial charge in [-0.1, -0.05) is 5.92 Å². The number of nitrogens with zero attached hydrogens (tertiary/aromatic N) is 2. The van der Waals surface area contributed by atoms with E-state index in [-0.39, 0.29) is 23.9 Å². The number of carbonyl (C=O) groups is 1. The summed E-state index contributed by atoms with van der Waals surface area (Å²) in [5, 5.41) is 8.98. The minimum Gasteiger partial charge on any atom is -0.492 e. The van der Waals surface area contributed by atoms with Gasteiger partial charge in [-0.3, -0.25) is 4.79 Å². The number of nitrogens with one attached hydrogen (secondary N) is 3. The van der Waals surface area contributed by atoms with Gasteiger partial charge in [0.15, 0.2) is 16.4 Å². The predicted octanol–water partition coefficient (Wildman–Crippen LogP) is 0.963. The molecular formula is C22H27N5O5S. The van der Waals surface area contributed by atoms with Gasteiger partial charge in [0.25, 0.3) is 5.91 Å². The molecule has 0 spiro atoms. The maximum Gasteiger partial charge on any atom is 0.275 e. The molecule has 0 unspecified atom stereocenters. The third-order valence-electron chi connectivity index (χ3n) is 5.01. The molecule has 2 heterocycles. The number of ether oxygens (including phenoxy) is 2. The van der Waals surface area contributed by atoms with Crippen molar-refractivity contribution in [3.05, 3.63) is 41.9 Å². The lowest BCUT2D eigenvalue weighted by Crippen LogP contribution is -2.46. The zero-order valence-corrected chi connectivity index (χ0v) is 19.4. The normalized spacial score (nSPS) is 17.7. The number of hydrogen-bond donors (Lipinski definition) is 3. The Morgan fingerprint density at radius 2 is 2.12 bits per heavy atom. The van der Waals surface area contributed by atoms with E-state index in [4.69, 9.17) is 15.9 Å². The first-order valence-corrected chi connectivity index (χ1v) is 12.0. The standard InChI is InChI=1S/C22H27N5O5S/c1-4-8-32-20-12-25-18(11-26-20)21(28)27-17-5-6-19-16(10-17)13-33(29,30)22(2,3)14-24-15-23-7-9-31-19/h1,5-6,10-12,23-24H,7-9,13-15H2,2-3H3,(H,27,28). The van der Waals surface area contributed by atoms with Crippen LogP contribution in [-0.4, -0.2) is 62.0 Å². The molecule has 10 nitrogen and oxygen atoms in total. The fourth-order valence-electron chi connectivity index (χ4n) is 3.01. The number of carbonyl (C=O) groups excluding carboxylic acids is 1. The van der Waals surface area contributed by atoms with Crippen molar-refractivity contribution in [3.63, 3.8) is 0 Å². The molecule has 33 heavy (non-hydrogen) atoms.